The van der Waals surface area contributed by atoms with Gasteiger partial charge in [-0.15, -0.1) is 0 Å². The highest BCUT2D eigenvalue weighted by atomic mass is 19.1. The average Bonchev–Trinajstić information content (AvgIpc) is 2.57. The van der Waals surface area contributed by atoms with Gasteiger partial charge >= 0.3 is 0 Å². The SMILES string of the molecule is Cc1cc(F)cc2cc3n(c12)CCNC3=O. The maximum atomic E-state index is 13.2. The first kappa shape index (κ1) is 9.39. The summed E-state index contributed by atoms with van der Waals surface area (Å²) in [6, 6.07) is 4.73. The number of aryl methyl sites for hydroxylation is 1. The van der Waals surface area contributed by atoms with E-state index < -0.39 is 0 Å². The van der Waals surface area contributed by atoms with Crippen molar-refractivity contribution in [3.05, 3.63) is 35.3 Å². The molecule has 2 aromatic rings. The molecule has 3 nitrogen and oxygen atoms in total. The summed E-state index contributed by atoms with van der Waals surface area (Å²) in [7, 11) is 0. The highest BCUT2D eigenvalue weighted by Crippen LogP contribution is 2.25. The Morgan fingerprint density at radius 3 is 3.00 bits per heavy atom. The molecule has 0 atom stereocenters. The second kappa shape index (κ2) is 3.07. The molecule has 3 rings (SSSR count). The Morgan fingerprint density at radius 2 is 2.19 bits per heavy atom. The zero-order chi connectivity index (χ0) is 11.3. The predicted octanol–water partition coefficient (Wildman–Crippen LogP) is 1.83. The van der Waals surface area contributed by atoms with Crippen molar-refractivity contribution in [2.75, 3.05) is 6.54 Å². The summed E-state index contributed by atoms with van der Waals surface area (Å²) in [5, 5.41) is 3.58. The van der Waals surface area contributed by atoms with Gasteiger partial charge in [0.2, 0.25) is 0 Å². The lowest BCUT2D eigenvalue weighted by atomic mass is 10.1. The molecule has 0 radical (unpaired) electrons. The van der Waals surface area contributed by atoms with Crippen LogP contribution in [-0.4, -0.2) is 17.0 Å². The standard InChI is InChI=1S/C12H11FN2O/c1-7-4-9(13)5-8-6-10-12(16)14-2-3-15(10)11(7)8/h4-6H,2-3H2,1H3,(H,14,16). The zero-order valence-electron chi connectivity index (χ0n) is 8.88. The van der Waals surface area contributed by atoms with E-state index in [1.54, 1.807) is 6.07 Å². The molecule has 1 aliphatic rings. The quantitative estimate of drug-likeness (QED) is 0.719. The third-order valence-corrected chi connectivity index (χ3v) is 3.00. The Bertz CT molecular complexity index is 601. The van der Waals surface area contributed by atoms with Crippen LogP contribution in [0.2, 0.25) is 0 Å². The summed E-state index contributed by atoms with van der Waals surface area (Å²) in [5.41, 5.74) is 2.46. The number of hydrogen-bond acceptors (Lipinski definition) is 1. The first-order valence-electron chi connectivity index (χ1n) is 5.24. The minimum absolute atomic E-state index is 0.0812. The van der Waals surface area contributed by atoms with E-state index in [4.69, 9.17) is 0 Å². The van der Waals surface area contributed by atoms with Crippen molar-refractivity contribution in [1.82, 2.24) is 9.88 Å². The smallest absolute Gasteiger partial charge is 0.268 e. The van der Waals surface area contributed by atoms with Crippen molar-refractivity contribution in [1.29, 1.82) is 0 Å². The monoisotopic (exact) mass is 218 g/mol. The Morgan fingerprint density at radius 1 is 1.38 bits per heavy atom. The van der Waals surface area contributed by atoms with Crippen LogP contribution in [0.3, 0.4) is 0 Å². The molecule has 1 aromatic carbocycles. The van der Waals surface area contributed by atoms with Crippen molar-refractivity contribution >= 4 is 16.8 Å². The van der Waals surface area contributed by atoms with Crippen LogP contribution < -0.4 is 5.32 Å². The minimum Gasteiger partial charge on any atom is -0.349 e. The summed E-state index contributed by atoms with van der Waals surface area (Å²) in [5.74, 6) is -0.337. The van der Waals surface area contributed by atoms with Crippen molar-refractivity contribution in [2.45, 2.75) is 13.5 Å². The fraction of sp³-hybridized carbons (Fsp3) is 0.250. The van der Waals surface area contributed by atoms with Crippen LogP contribution in [0, 0.1) is 12.7 Å². The van der Waals surface area contributed by atoms with Crippen LogP contribution in [0.4, 0.5) is 4.39 Å². The predicted molar refractivity (Wildman–Crippen MR) is 59.0 cm³/mol. The first-order valence-corrected chi connectivity index (χ1v) is 5.24. The van der Waals surface area contributed by atoms with Crippen molar-refractivity contribution in [3.8, 4) is 0 Å². The summed E-state index contributed by atoms with van der Waals surface area (Å²) in [6.45, 7) is 3.24. The van der Waals surface area contributed by atoms with Gasteiger partial charge in [0.05, 0.1) is 5.52 Å². The Labute approximate surface area is 91.9 Å². The molecule has 1 aliphatic heterocycles. The van der Waals surface area contributed by atoms with Crippen molar-refractivity contribution < 1.29 is 9.18 Å². The van der Waals surface area contributed by atoms with E-state index in [0.717, 1.165) is 23.0 Å². The molecule has 82 valence electrons. The lowest BCUT2D eigenvalue weighted by Gasteiger charge is -2.17. The number of hydrogen-bond donors (Lipinski definition) is 1. The van der Waals surface area contributed by atoms with Crippen molar-refractivity contribution in [3.63, 3.8) is 0 Å². The fourth-order valence-electron chi connectivity index (χ4n) is 2.38. The van der Waals surface area contributed by atoms with Gasteiger partial charge in [0.25, 0.3) is 5.91 Å². The van der Waals surface area contributed by atoms with Crippen LogP contribution >= 0.6 is 0 Å². The summed E-state index contributed by atoms with van der Waals surface area (Å²) >= 11 is 0. The van der Waals surface area contributed by atoms with E-state index in [9.17, 15) is 9.18 Å². The molecule has 2 heterocycles. The minimum atomic E-state index is -0.256. The molecule has 0 aliphatic carbocycles. The third-order valence-electron chi connectivity index (χ3n) is 3.00. The van der Waals surface area contributed by atoms with E-state index in [0.29, 0.717) is 12.2 Å². The third kappa shape index (κ3) is 1.16. The van der Waals surface area contributed by atoms with E-state index in [-0.39, 0.29) is 11.7 Å². The molecule has 1 N–H and O–H groups in total. The summed E-state index contributed by atoms with van der Waals surface area (Å²) < 4.78 is 15.2. The molecule has 4 heteroatoms. The van der Waals surface area contributed by atoms with Crippen molar-refractivity contribution in [2.24, 2.45) is 0 Å². The number of nitrogens with one attached hydrogen (secondary N) is 1. The van der Waals surface area contributed by atoms with Crippen LogP contribution in [0.15, 0.2) is 18.2 Å². The highest BCUT2D eigenvalue weighted by molar-refractivity contribution is 6.00. The van der Waals surface area contributed by atoms with Crippen LogP contribution in [-0.2, 0) is 6.54 Å². The zero-order valence-corrected chi connectivity index (χ0v) is 8.88. The second-order valence-corrected chi connectivity index (χ2v) is 4.10. The number of fused-ring (bicyclic) bond motifs is 3. The molecule has 0 unspecified atom stereocenters. The molecular weight excluding hydrogens is 207 g/mol. The lowest BCUT2D eigenvalue weighted by Crippen LogP contribution is -2.34. The first-order chi connectivity index (χ1) is 7.66. The molecule has 0 saturated heterocycles. The van der Waals surface area contributed by atoms with Gasteiger partial charge < -0.3 is 9.88 Å². The molecule has 1 amide bonds. The molecular formula is C12H11FN2O. The van der Waals surface area contributed by atoms with E-state index in [2.05, 4.69) is 5.32 Å². The molecule has 0 bridgehead atoms. The largest absolute Gasteiger partial charge is 0.349 e. The number of amides is 1. The Hall–Kier alpha value is -1.84. The van der Waals surface area contributed by atoms with E-state index >= 15 is 0 Å². The van der Waals surface area contributed by atoms with Gasteiger partial charge in [0.1, 0.15) is 11.5 Å². The van der Waals surface area contributed by atoms with Gasteiger partial charge in [0, 0.05) is 18.5 Å². The Balaban J connectivity index is 2.40. The van der Waals surface area contributed by atoms with Gasteiger partial charge in [-0.25, -0.2) is 4.39 Å². The number of carbonyl (C=O) groups is 1. The van der Waals surface area contributed by atoms with Gasteiger partial charge in [-0.2, -0.15) is 0 Å². The topological polar surface area (TPSA) is 34.0 Å². The van der Waals surface area contributed by atoms with E-state index in [1.807, 2.05) is 11.5 Å². The second-order valence-electron chi connectivity index (χ2n) is 4.10. The lowest BCUT2D eigenvalue weighted by molar-refractivity contribution is 0.0929. The fourth-order valence-corrected chi connectivity index (χ4v) is 2.38. The summed E-state index contributed by atoms with van der Waals surface area (Å²) in [6.07, 6.45) is 0. The highest BCUT2D eigenvalue weighted by Gasteiger charge is 2.20. The van der Waals surface area contributed by atoms with Crippen LogP contribution in [0.25, 0.3) is 10.9 Å². The normalized spacial score (nSPS) is 15.0. The van der Waals surface area contributed by atoms with Crippen LogP contribution in [0.5, 0.6) is 0 Å². The Kier molecular flexibility index (Phi) is 1.80. The maximum Gasteiger partial charge on any atom is 0.268 e. The van der Waals surface area contributed by atoms with Gasteiger partial charge in [-0.1, -0.05) is 0 Å². The van der Waals surface area contributed by atoms with E-state index in [1.165, 1.54) is 12.1 Å². The van der Waals surface area contributed by atoms with Gasteiger partial charge in [-0.3, -0.25) is 4.79 Å². The molecule has 16 heavy (non-hydrogen) atoms. The average molecular weight is 218 g/mol. The maximum absolute atomic E-state index is 13.2. The summed E-state index contributed by atoms with van der Waals surface area (Å²) in [4.78, 5) is 11.6. The number of halogens is 1. The molecule has 0 saturated carbocycles. The molecule has 0 spiro atoms. The number of rotatable bonds is 0. The van der Waals surface area contributed by atoms with Gasteiger partial charge in [-0.05, 0) is 30.7 Å². The number of aromatic nitrogens is 1. The molecule has 1 aromatic heterocycles. The molecule has 0 fully saturated rings. The number of nitrogens with zero attached hydrogens (tertiary/aromatic N) is 1. The number of carbonyl (C=O) groups excluding carboxylic acids is 1. The van der Waals surface area contributed by atoms with Gasteiger partial charge in [0.15, 0.2) is 0 Å². The van der Waals surface area contributed by atoms with Crippen LogP contribution in [0.1, 0.15) is 16.1 Å². The number of benzene rings is 1.